The third-order valence-electron chi connectivity index (χ3n) is 8.19. The second-order valence-corrected chi connectivity index (χ2v) is 10.5. The number of nitrogens with one attached hydrogen (secondary N) is 1. The van der Waals surface area contributed by atoms with Crippen molar-refractivity contribution >= 4 is 11.0 Å². The second kappa shape index (κ2) is 9.40. The third-order valence-corrected chi connectivity index (χ3v) is 8.19. The number of rotatable bonds is 7. The van der Waals surface area contributed by atoms with E-state index in [-0.39, 0.29) is 0 Å². The van der Waals surface area contributed by atoms with Crippen LogP contribution in [0.5, 0.6) is 0 Å². The summed E-state index contributed by atoms with van der Waals surface area (Å²) in [6.45, 7) is 15.4. The van der Waals surface area contributed by atoms with Crippen LogP contribution >= 0.6 is 0 Å². The Bertz CT molecular complexity index is 816. The lowest BCUT2D eigenvalue weighted by Crippen LogP contribution is -2.43. The number of benzene rings is 1. The van der Waals surface area contributed by atoms with Gasteiger partial charge in [0.2, 0.25) is 0 Å². The zero-order chi connectivity index (χ0) is 21.1. The van der Waals surface area contributed by atoms with E-state index in [1.165, 1.54) is 63.1 Å². The Hall–Kier alpha value is -1.39. The van der Waals surface area contributed by atoms with Crippen molar-refractivity contribution in [2.24, 2.45) is 17.3 Å². The fourth-order valence-corrected chi connectivity index (χ4v) is 5.93. The minimum atomic E-state index is 0.512. The Morgan fingerprint density at radius 1 is 1.13 bits per heavy atom. The molecule has 2 aromatic rings. The smallest absolute Gasteiger partial charge is 0.111 e. The largest absolute Gasteiger partial charge is 0.325 e. The van der Waals surface area contributed by atoms with Crippen LogP contribution < -0.4 is 5.32 Å². The molecule has 2 heterocycles. The van der Waals surface area contributed by atoms with Gasteiger partial charge in [0, 0.05) is 38.6 Å². The number of likely N-dealkylation sites (tertiary alicyclic amines) is 1. The summed E-state index contributed by atoms with van der Waals surface area (Å²) in [7, 11) is 0. The number of aromatic nitrogens is 2. The summed E-state index contributed by atoms with van der Waals surface area (Å²) in [5, 5.41) is 3.47. The van der Waals surface area contributed by atoms with Gasteiger partial charge in [-0.05, 0) is 61.6 Å². The maximum absolute atomic E-state index is 5.01. The number of nitrogens with zero attached hydrogens (tertiary/aromatic N) is 3. The van der Waals surface area contributed by atoms with Gasteiger partial charge in [-0.1, -0.05) is 46.2 Å². The van der Waals surface area contributed by atoms with Crippen LogP contribution in [0.25, 0.3) is 11.0 Å². The fourth-order valence-electron chi connectivity index (χ4n) is 5.93. The highest BCUT2D eigenvalue weighted by molar-refractivity contribution is 5.76. The SMILES string of the molecule is CCNCCc1nc2ccccc2n1C1CCN(CC2CCCC(C)(C)C2C)CC1. The highest BCUT2D eigenvalue weighted by Gasteiger charge is 2.37. The lowest BCUT2D eigenvalue weighted by molar-refractivity contribution is 0.0519. The number of imidazole rings is 1. The molecule has 4 heteroatoms. The number of piperidine rings is 1. The summed E-state index contributed by atoms with van der Waals surface area (Å²) in [5.74, 6) is 2.97. The average molecular weight is 411 g/mol. The van der Waals surface area contributed by atoms with E-state index in [0.29, 0.717) is 11.5 Å². The molecule has 4 rings (SSSR count). The van der Waals surface area contributed by atoms with Crippen LogP contribution in [-0.2, 0) is 6.42 Å². The molecular weight excluding hydrogens is 368 g/mol. The first-order valence-electron chi connectivity index (χ1n) is 12.4. The van der Waals surface area contributed by atoms with Crippen LogP contribution in [0.15, 0.2) is 24.3 Å². The van der Waals surface area contributed by atoms with Crippen molar-refractivity contribution in [3.63, 3.8) is 0 Å². The molecule has 1 N–H and O–H groups in total. The molecule has 30 heavy (non-hydrogen) atoms. The number of fused-ring (bicyclic) bond motifs is 1. The van der Waals surface area contributed by atoms with Gasteiger partial charge in [0.05, 0.1) is 11.0 Å². The van der Waals surface area contributed by atoms with E-state index in [9.17, 15) is 0 Å². The highest BCUT2D eigenvalue weighted by atomic mass is 15.2. The predicted molar refractivity (Wildman–Crippen MR) is 127 cm³/mol. The van der Waals surface area contributed by atoms with Gasteiger partial charge < -0.3 is 14.8 Å². The molecule has 4 nitrogen and oxygen atoms in total. The molecular formula is C26H42N4. The summed E-state index contributed by atoms with van der Waals surface area (Å²) in [5.41, 5.74) is 2.99. The van der Waals surface area contributed by atoms with E-state index < -0.39 is 0 Å². The third kappa shape index (κ3) is 4.60. The lowest BCUT2D eigenvalue weighted by atomic mass is 9.64. The van der Waals surface area contributed by atoms with Crippen LogP contribution in [0.4, 0.5) is 0 Å². The Balaban J connectivity index is 1.42. The highest BCUT2D eigenvalue weighted by Crippen LogP contribution is 2.44. The molecule has 1 aliphatic heterocycles. The van der Waals surface area contributed by atoms with E-state index in [1.807, 2.05) is 0 Å². The summed E-state index contributed by atoms with van der Waals surface area (Å²) >= 11 is 0. The minimum Gasteiger partial charge on any atom is -0.325 e. The fraction of sp³-hybridized carbons (Fsp3) is 0.731. The number of hydrogen-bond donors (Lipinski definition) is 1. The maximum atomic E-state index is 5.01. The molecule has 2 fully saturated rings. The Kier molecular flexibility index (Phi) is 6.84. The molecule has 1 aromatic heterocycles. The first-order chi connectivity index (χ1) is 14.5. The zero-order valence-corrected chi connectivity index (χ0v) is 19.7. The van der Waals surface area contributed by atoms with Crippen molar-refractivity contribution in [1.29, 1.82) is 0 Å². The van der Waals surface area contributed by atoms with Gasteiger partial charge in [0.1, 0.15) is 5.82 Å². The van der Waals surface area contributed by atoms with Crippen LogP contribution in [0.1, 0.15) is 71.7 Å². The molecule has 0 radical (unpaired) electrons. The standard InChI is InChI=1S/C26H42N4/c1-5-27-16-12-25-28-23-10-6-7-11-24(23)30(25)22-13-17-29(18-14-22)19-21-9-8-15-26(3,4)20(21)2/h6-7,10-11,20-22,27H,5,8-9,12-19H2,1-4H3. The average Bonchev–Trinajstić information content (AvgIpc) is 3.10. The van der Waals surface area contributed by atoms with E-state index in [1.54, 1.807) is 0 Å². The normalized spacial score (nSPS) is 25.7. The van der Waals surface area contributed by atoms with Gasteiger partial charge in [-0.15, -0.1) is 0 Å². The van der Waals surface area contributed by atoms with Crippen molar-refractivity contribution in [3.8, 4) is 0 Å². The van der Waals surface area contributed by atoms with Crippen LogP contribution in [0.2, 0.25) is 0 Å². The Morgan fingerprint density at radius 3 is 2.67 bits per heavy atom. The molecule has 0 spiro atoms. The minimum absolute atomic E-state index is 0.512. The molecule has 0 bridgehead atoms. The van der Waals surface area contributed by atoms with Gasteiger partial charge in [0.25, 0.3) is 0 Å². The van der Waals surface area contributed by atoms with E-state index in [0.717, 1.165) is 36.9 Å². The topological polar surface area (TPSA) is 33.1 Å². The summed E-state index contributed by atoms with van der Waals surface area (Å²) < 4.78 is 2.58. The second-order valence-electron chi connectivity index (χ2n) is 10.5. The van der Waals surface area contributed by atoms with Crippen molar-refractivity contribution < 1.29 is 0 Å². The zero-order valence-electron chi connectivity index (χ0n) is 19.7. The summed E-state index contributed by atoms with van der Waals surface area (Å²) in [6.07, 6.45) is 7.74. The molecule has 2 aliphatic rings. The quantitative estimate of drug-likeness (QED) is 0.630. The van der Waals surface area contributed by atoms with Crippen molar-refractivity contribution in [3.05, 3.63) is 30.1 Å². The van der Waals surface area contributed by atoms with Crippen molar-refractivity contribution in [1.82, 2.24) is 19.8 Å². The van der Waals surface area contributed by atoms with Crippen LogP contribution in [0.3, 0.4) is 0 Å². The Labute approximate surface area is 183 Å². The monoisotopic (exact) mass is 410 g/mol. The first-order valence-corrected chi connectivity index (χ1v) is 12.4. The molecule has 1 saturated carbocycles. The van der Waals surface area contributed by atoms with Crippen LogP contribution in [-0.4, -0.2) is 47.2 Å². The molecule has 0 amide bonds. The lowest BCUT2D eigenvalue weighted by Gasteiger charge is -2.45. The van der Waals surface area contributed by atoms with Crippen molar-refractivity contribution in [2.45, 2.75) is 72.3 Å². The Morgan fingerprint density at radius 2 is 1.90 bits per heavy atom. The van der Waals surface area contributed by atoms with Gasteiger partial charge >= 0.3 is 0 Å². The van der Waals surface area contributed by atoms with Gasteiger partial charge in [-0.3, -0.25) is 0 Å². The van der Waals surface area contributed by atoms with Gasteiger partial charge in [-0.2, -0.15) is 0 Å². The maximum Gasteiger partial charge on any atom is 0.111 e. The molecule has 166 valence electrons. The van der Waals surface area contributed by atoms with Gasteiger partial charge in [-0.25, -0.2) is 4.98 Å². The van der Waals surface area contributed by atoms with E-state index >= 15 is 0 Å². The van der Waals surface area contributed by atoms with Crippen LogP contribution in [0, 0.1) is 17.3 Å². The van der Waals surface area contributed by atoms with Crippen molar-refractivity contribution in [2.75, 3.05) is 32.7 Å². The first kappa shape index (κ1) is 21.8. The summed E-state index contributed by atoms with van der Waals surface area (Å²) in [6, 6.07) is 9.30. The summed E-state index contributed by atoms with van der Waals surface area (Å²) in [4.78, 5) is 7.77. The van der Waals surface area contributed by atoms with E-state index in [4.69, 9.17) is 4.98 Å². The molecule has 1 aliphatic carbocycles. The number of para-hydroxylation sites is 2. The molecule has 1 saturated heterocycles. The molecule has 2 atom stereocenters. The number of hydrogen-bond acceptors (Lipinski definition) is 3. The molecule has 1 aromatic carbocycles. The van der Waals surface area contributed by atoms with E-state index in [2.05, 4.69) is 66.7 Å². The number of likely N-dealkylation sites (N-methyl/N-ethyl adjacent to an activating group) is 1. The predicted octanol–water partition coefficient (Wildman–Crippen LogP) is 5.29. The molecule has 2 unspecified atom stereocenters. The van der Waals surface area contributed by atoms with Gasteiger partial charge in [0.15, 0.2) is 0 Å².